The molecule has 9 nitrogen and oxygen atoms in total. The van der Waals surface area contributed by atoms with Gasteiger partial charge in [-0.05, 0) is 42.8 Å². The van der Waals surface area contributed by atoms with Gasteiger partial charge in [0.05, 0.1) is 32.7 Å². The summed E-state index contributed by atoms with van der Waals surface area (Å²) in [5.41, 5.74) is 2.64. The van der Waals surface area contributed by atoms with Crippen LogP contribution in [-0.2, 0) is 4.79 Å². The van der Waals surface area contributed by atoms with Gasteiger partial charge in [0.25, 0.3) is 5.91 Å². The number of ether oxygens (including phenoxy) is 3. The number of aromatic nitrogens is 2. The van der Waals surface area contributed by atoms with Crippen molar-refractivity contribution in [3.63, 3.8) is 0 Å². The first kappa shape index (κ1) is 28.2. The Morgan fingerprint density at radius 3 is 2.15 bits per heavy atom. The molecule has 0 aliphatic heterocycles. The Morgan fingerprint density at radius 1 is 0.875 bits per heavy atom. The molecule has 0 fully saturated rings. The second-order valence-electron chi connectivity index (χ2n) is 9.06. The molecule has 0 saturated carbocycles. The van der Waals surface area contributed by atoms with E-state index in [-0.39, 0.29) is 23.9 Å². The van der Waals surface area contributed by atoms with Gasteiger partial charge in [-0.3, -0.25) is 9.59 Å². The number of rotatable bonds is 12. The van der Waals surface area contributed by atoms with E-state index in [0.29, 0.717) is 35.3 Å². The highest BCUT2D eigenvalue weighted by Crippen LogP contribution is 2.30. The molecule has 4 rings (SSSR count). The van der Waals surface area contributed by atoms with Crippen LogP contribution in [0.15, 0.2) is 78.9 Å². The van der Waals surface area contributed by atoms with Crippen LogP contribution in [0.4, 0.5) is 5.82 Å². The number of carbonyl (C=O) groups is 2. The van der Waals surface area contributed by atoms with Crippen molar-refractivity contribution in [1.29, 1.82) is 0 Å². The number of unbranched alkanes of at least 4 members (excludes halogenated alkanes) is 1. The average molecular weight is 543 g/mol. The zero-order valence-corrected chi connectivity index (χ0v) is 23.2. The fourth-order valence-corrected chi connectivity index (χ4v) is 4.32. The van der Waals surface area contributed by atoms with Gasteiger partial charge in [-0.1, -0.05) is 49.7 Å². The van der Waals surface area contributed by atoms with E-state index < -0.39 is 0 Å². The van der Waals surface area contributed by atoms with E-state index >= 15 is 0 Å². The van der Waals surface area contributed by atoms with Crippen molar-refractivity contribution in [3.05, 3.63) is 84.4 Å². The highest BCUT2D eigenvalue weighted by Gasteiger charge is 2.26. The molecular weight excluding hydrogens is 508 g/mol. The number of anilines is 1. The third-order valence-corrected chi connectivity index (χ3v) is 6.41. The molecule has 40 heavy (non-hydrogen) atoms. The number of hydrogen-bond acceptors (Lipinski definition) is 6. The molecule has 2 amide bonds. The lowest BCUT2D eigenvalue weighted by Crippen LogP contribution is -2.39. The Morgan fingerprint density at radius 2 is 1.55 bits per heavy atom. The van der Waals surface area contributed by atoms with Crippen LogP contribution >= 0.6 is 0 Å². The summed E-state index contributed by atoms with van der Waals surface area (Å²) in [5.74, 6) is 1.26. The first-order chi connectivity index (χ1) is 19.5. The summed E-state index contributed by atoms with van der Waals surface area (Å²) < 4.78 is 17.8. The van der Waals surface area contributed by atoms with Crippen molar-refractivity contribution < 1.29 is 23.8 Å². The van der Waals surface area contributed by atoms with Crippen molar-refractivity contribution >= 4 is 17.6 Å². The van der Waals surface area contributed by atoms with Crippen molar-refractivity contribution in [2.24, 2.45) is 0 Å². The molecule has 3 aromatic carbocycles. The maximum atomic E-state index is 13.7. The minimum absolute atomic E-state index is 0.158. The molecule has 0 radical (unpaired) electrons. The fraction of sp³-hybridized carbons (Fsp3) is 0.258. The maximum absolute atomic E-state index is 13.7. The van der Waals surface area contributed by atoms with Gasteiger partial charge in [0.1, 0.15) is 35.2 Å². The van der Waals surface area contributed by atoms with E-state index in [0.717, 1.165) is 24.1 Å². The van der Waals surface area contributed by atoms with Crippen LogP contribution < -0.4 is 19.5 Å². The van der Waals surface area contributed by atoms with Crippen molar-refractivity contribution in [2.75, 3.05) is 39.7 Å². The van der Waals surface area contributed by atoms with E-state index in [1.54, 1.807) is 30.0 Å². The molecule has 1 heterocycles. The van der Waals surface area contributed by atoms with Gasteiger partial charge in [0, 0.05) is 18.2 Å². The monoisotopic (exact) mass is 542 g/mol. The number of nitrogens with zero attached hydrogens (tertiary/aromatic N) is 3. The van der Waals surface area contributed by atoms with Gasteiger partial charge in [-0.25, -0.2) is 4.68 Å². The molecule has 208 valence electrons. The quantitative estimate of drug-likeness (QED) is 0.256. The largest absolute Gasteiger partial charge is 0.497 e. The van der Waals surface area contributed by atoms with E-state index in [9.17, 15) is 9.59 Å². The molecule has 9 heteroatoms. The van der Waals surface area contributed by atoms with Crippen molar-refractivity contribution in [2.45, 2.75) is 19.8 Å². The molecule has 0 aliphatic rings. The van der Waals surface area contributed by atoms with Gasteiger partial charge < -0.3 is 24.4 Å². The maximum Gasteiger partial charge on any atom is 0.261 e. The summed E-state index contributed by atoms with van der Waals surface area (Å²) in [6.07, 6.45) is 1.59. The SMILES string of the molecule is CCCCN(CC(=O)Nc1cc(-c2ccccc2)nn1-c1ccc(OC)cc1)C(=O)c1c(OC)cccc1OC. The molecule has 0 aliphatic carbocycles. The van der Waals surface area contributed by atoms with Gasteiger partial charge in [-0.15, -0.1) is 0 Å². The summed E-state index contributed by atoms with van der Waals surface area (Å²) in [6.45, 7) is 2.27. The first-order valence-electron chi connectivity index (χ1n) is 13.1. The van der Waals surface area contributed by atoms with E-state index in [4.69, 9.17) is 19.3 Å². The lowest BCUT2D eigenvalue weighted by Gasteiger charge is -2.24. The molecule has 1 aromatic heterocycles. The number of hydrogen-bond donors (Lipinski definition) is 1. The average Bonchev–Trinajstić information content (AvgIpc) is 3.42. The Labute approximate surface area is 234 Å². The molecule has 0 saturated heterocycles. The van der Waals surface area contributed by atoms with Gasteiger partial charge in [0.2, 0.25) is 5.91 Å². The highest BCUT2D eigenvalue weighted by atomic mass is 16.5. The first-order valence-corrected chi connectivity index (χ1v) is 13.1. The van der Waals surface area contributed by atoms with Crippen LogP contribution in [-0.4, -0.2) is 60.9 Å². The summed E-state index contributed by atoms with van der Waals surface area (Å²) in [5, 5.41) is 7.74. The van der Waals surface area contributed by atoms with Gasteiger partial charge in [-0.2, -0.15) is 5.10 Å². The van der Waals surface area contributed by atoms with Crippen LogP contribution in [0.5, 0.6) is 17.2 Å². The molecule has 4 aromatic rings. The standard InChI is InChI=1S/C31H34N4O5/c1-5-6-19-34(31(37)30-26(39-3)13-10-14-27(30)40-4)21-29(36)32-28-20-25(22-11-8-7-9-12-22)33-35(28)23-15-17-24(38-2)18-16-23/h7-18,20H,5-6,19,21H2,1-4H3,(H,32,36). The fourth-order valence-electron chi connectivity index (χ4n) is 4.32. The van der Waals surface area contributed by atoms with Gasteiger partial charge in [0.15, 0.2) is 0 Å². The predicted octanol–water partition coefficient (Wildman–Crippen LogP) is 5.45. The van der Waals surface area contributed by atoms with E-state index in [1.165, 1.54) is 19.1 Å². The summed E-state index contributed by atoms with van der Waals surface area (Å²) in [4.78, 5) is 28.6. The number of methoxy groups -OCH3 is 3. The molecule has 0 unspecified atom stereocenters. The van der Waals surface area contributed by atoms with Crippen LogP contribution in [0.1, 0.15) is 30.1 Å². The van der Waals surface area contributed by atoms with Crippen molar-refractivity contribution in [3.8, 4) is 34.2 Å². The predicted molar refractivity (Wildman–Crippen MR) is 155 cm³/mol. The number of nitrogens with one attached hydrogen (secondary N) is 1. The third-order valence-electron chi connectivity index (χ3n) is 6.41. The smallest absolute Gasteiger partial charge is 0.261 e. The number of carbonyl (C=O) groups excluding carboxylic acids is 2. The van der Waals surface area contributed by atoms with E-state index in [2.05, 4.69) is 5.32 Å². The summed E-state index contributed by atoms with van der Waals surface area (Å²) in [7, 11) is 4.60. The molecular formula is C31H34N4O5. The van der Waals surface area contributed by atoms with Crippen LogP contribution in [0.2, 0.25) is 0 Å². The molecule has 1 N–H and O–H groups in total. The number of amides is 2. The second kappa shape index (κ2) is 13.3. The zero-order chi connectivity index (χ0) is 28.5. The minimum Gasteiger partial charge on any atom is -0.497 e. The van der Waals surface area contributed by atoms with Gasteiger partial charge >= 0.3 is 0 Å². The Bertz CT molecular complexity index is 1410. The highest BCUT2D eigenvalue weighted by molar-refractivity contribution is 6.02. The third kappa shape index (κ3) is 6.43. The Balaban J connectivity index is 1.64. The molecule has 0 spiro atoms. The molecule has 0 bridgehead atoms. The summed E-state index contributed by atoms with van der Waals surface area (Å²) >= 11 is 0. The van der Waals surface area contributed by atoms with Crippen molar-refractivity contribution in [1.82, 2.24) is 14.7 Å². The van der Waals surface area contributed by atoms with Crippen LogP contribution in [0.3, 0.4) is 0 Å². The Kier molecular flexibility index (Phi) is 9.40. The summed E-state index contributed by atoms with van der Waals surface area (Å²) in [6, 6.07) is 24.1. The van der Waals surface area contributed by atoms with Crippen LogP contribution in [0, 0.1) is 0 Å². The lowest BCUT2D eigenvalue weighted by atomic mass is 10.1. The minimum atomic E-state index is -0.354. The number of benzene rings is 3. The second-order valence-corrected chi connectivity index (χ2v) is 9.06. The lowest BCUT2D eigenvalue weighted by molar-refractivity contribution is -0.117. The normalized spacial score (nSPS) is 10.6. The topological polar surface area (TPSA) is 94.9 Å². The molecule has 0 atom stereocenters. The zero-order valence-electron chi connectivity index (χ0n) is 23.2. The Hall–Kier alpha value is -4.79. The van der Waals surface area contributed by atoms with E-state index in [1.807, 2.05) is 67.6 Å². The van der Waals surface area contributed by atoms with Crippen LogP contribution in [0.25, 0.3) is 16.9 Å².